The second kappa shape index (κ2) is 4.64. The first-order chi connectivity index (χ1) is 8.84. The molecule has 1 aliphatic rings. The van der Waals surface area contributed by atoms with Gasteiger partial charge in [-0.15, -0.1) is 0 Å². The first-order valence-corrected chi connectivity index (χ1v) is 6.16. The van der Waals surface area contributed by atoms with E-state index in [4.69, 9.17) is 0 Å². The Labute approximate surface area is 110 Å². The molecule has 0 radical (unpaired) electrons. The molecular formula is C14H16FNO3. The lowest BCUT2D eigenvalue weighted by Gasteiger charge is -2.26. The van der Waals surface area contributed by atoms with Crippen LogP contribution in [-0.4, -0.2) is 22.5 Å². The molecule has 0 spiro atoms. The summed E-state index contributed by atoms with van der Waals surface area (Å²) in [5.74, 6) is -1.95. The lowest BCUT2D eigenvalue weighted by Crippen LogP contribution is -2.54. The monoisotopic (exact) mass is 265 g/mol. The second-order valence-electron chi connectivity index (χ2n) is 5.20. The van der Waals surface area contributed by atoms with E-state index < -0.39 is 17.4 Å². The lowest BCUT2D eigenvalue weighted by atomic mass is 9.95. The number of halogens is 1. The summed E-state index contributed by atoms with van der Waals surface area (Å²) >= 11 is 0. The fraction of sp³-hybridized carbons (Fsp3) is 0.429. The van der Waals surface area contributed by atoms with Crippen molar-refractivity contribution in [1.29, 1.82) is 0 Å². The van der Waals surface area contributed by atoms with Gasteiger partial charge in [0.2, 0.25) is 0 Å². The minimum Gasteiger partial charge on any atom is -0.480 e. The number of hydrogen-bond donors (Lipinski definition) is 2. The SMILES string of the molecule is Cc1cc(C(=O)N[C@@](C)(C(=O)O)C2CC2)ccc1F. The summed E-state index contributed by atoms with van der Waals surface area (Å²) in [4.78, 5) is 23.4. The highest BCUT2D eigenvalue weighted by molar-refractivity contribution is 5.98. The van der Waals surface area contributed by atoms with Crippen molar-refractivity contribution < 1.29 is 19.1 Å². The predicted molar refractivity (Wildman–Crippen MR) is 67.4 cm³/mol. The smallest absolute Gasteiger partial charge is 0.329 e. The molecule has 4 nitrogen and oxygen atoms in total. The third-order valence-electron chi connectivity index (χ3n) is 3.63. The summed E-state index contributed by atoms with van der Waals surface area (Å²) in [6.45, 7) is 3.07. The molecule has 1 amide bonds. The van der Waals surface area contributed by atoms with Gasteiger partial charge in [-0.3, -0.25) is 4.79 Å². The third kappa shape index (κ3) is 2.59. The van der Waals surface area contributed by atoms with Gasteiger partial charge in [0.15, 0.2) is 0 Å². The third-order valence-corrected chi connectivity index (χ3v) is 3.63. The molecule has 5 heteroatoms. The number of aryl methyl sites for hydroxylation is 1. The highest BCUT2D eigenvalue weighted by Gasteiger charge is 2.48. The number of nitrogens with one attached hydrogen (secondary N) is 1. The van der Waals surface area contributed by atoms with Gasteiger partial charge in [0, 0.05) is 5.56 Å². The van der Waals surface area contributed by atoms with E-state index in [1.165, 1.54) is 25.1 Å². The molecule has 19 heavy (non-hydrogen) atoms. The minimum atomic E-state index is -1.25. The maximum absolute atomic E-state index is 13.1. The minimum absolute atomic E-state index is 0.0319. The average Bonchev–Trinajstić information content (AvgIpc) is 3.16. The largest absolute Gasteiger partial charge is 0.480 e. The molecule has 1 fully saturated rings. The van der Waals surface area contributed by atoms with Crippen LogP contribution in [0.25, 0.3) is 0 Å². The molecule has 0 saturated heterocycles. The van der Waals surface area contributed by atoms with Crippen molar-refractivity contribution in [2.45, 2.75) is 32.2 Å². The Balaban J connectivity index is 2.20. The van der Waals surface area contributed by atoms with Crippen LogP contribution in [0, 0.1) is 18.7 Å². The Hall–Kier alpha value is -1.91. The van der Waals surface area contributed by atoms with Crippen LogP contribution in [0.2, 0.25) is 0 Å². The number of amides is 1. The molecule has 1 saturated carbocycles. The van der Waals surface area contributed by atoms with Gasteiger partial charge in [0.25, 0.3) is 5.91 Å². The highest BCUT2D eigenvalue weighted by atomic mass is 19.1. The summed E-state index contributed by atoms with van der Waals surface area (Å²) in [6.07, 6.45) is 1.59. The first kappa shape index (κ1) is 13.5. The summed E-state index contributed by atoms with van der Waals surface area (Å²) in [5, 5.41) is 11.8. The van der Waals surface area contributed by atoms with E-state index in [1.807, 2.05) is 0 Å². The summed E-state index contributed by atoms with van der Waals surface area (Å²) in [5.41, 5.74) is -0.623. The van der Waals surface area contributed by atoms with Crippen molar-refractivity contribution in [3.8, 4) is 0 Å². The topological polar surface area (TPSA) is 66.4 Å². The molecule has 0 heterocycles. The molecule has 0 aromatic heterocycles. The summed E-state index contributed by atoms with van der Waals surface area (Å²) in [6, 6.07) is 3.98. The van der Waals surface area contributed by atoms with Gasteiger partial charge in [-0.25, -0.2) is 9.18 Å². The zero-order valence-electron chi connectivity index (χ0n) is 10.9. The number of rotatable bonds is 4. The van der Waals surface area contributed by atoms with Gasteiger partial charge < -0.3 is 10.4 Å². The van der Waals surface area contributed by atoms with Crippen molar-refractivity contribution in [3.05, 3.63) is 35.1 Å². The zero-order chi connectivity index (χ0) is 14.2. The van der Waals surface area contributed by atoms with E-state index >= 15 is 0 Å². The van der Waals surface area contributed by atoms with Crippen molar-refractivity contribution in [1.82, 2.24) is 5.32 Å². The molecule has 1 atom stereocenters. The fourth-order valence-electron chi connectivity index (χ4n) is 2.08. The van der Waals surface area contributed by atoms with E-state index in [0.29, 0.717) is 5.56 Å². The van der Waals surface area contributed by atoms with E-state index in [0.717, 1.165) is 12.8 Å². The van der Waals surface area contributed by atoms with E-state index in [-0.39, 0.29) is 17.3 Å². The van der Waals surface area contributed by atoms with Crippen LogP contribution in [-0.2, 0) is 4.79 Å². The standard InChI is InChI=1S/C14H16FNO3/c1-8-7-9(3-6-11(8)15)12(17)16-14(2,13(18)19)10-4-5-10/h3,6-7,10H,4-5H2,1-2H3,(H,16,17)(H,18,19)/t14-/m1/s1. The Morgan fingerprint density at radius 3 is 2.53 bits per heavy atom. The summed E-state index contributed by atoms with van der Waals surface area (Å²) < 4.78 is 13.1. The predicted octanol–water partition coefficient (Wildman–Crippen LogP) is 2.12. The van der Waals surface area contributed by atoms with Crippen LogP contribution in [0.4, 0.5) is 4.39 Å². The Morgan fingerprint density at radius 1 is 1.42 bits per heavy atom. The molecular weight excluding hydrogens is 249 g/mol. The highest BCUT2D eigenvalue weighted by Crippen LogP contribution is 2.39. The maximum Gasteiger partial charge on any atom is 0.329 e. The van der Waals surface area contributed by atoms with Gasteiger partial charge in [0.05, 0.1) is 0 Å². The zero-order valence-corrected chi connectivity index (χ0v) is 10.9. The molecule has 1 aromatic carbocycles. The van der Waals surface area contributed by atoms with E-state index in [1.54, 1.807) is 6.92 Å². The van der Waals surface area contributed by atoms with Crippen molar-refractivity contribution in [3.63, 3.8) is 0 Å². The van der Waals surface area contributed by atoms with Crippen LogP contribution in [0.3, 0.4) is 0 Å². The molecule has 0 bridgehead atoms. The molecule has 1 aromatic rings. The van der Waals surface area contributed by atoms with Crippen LogP contribution in [0.1, 0.15) is 35.7 Å². The Kier molecular flexibility index (Phi) is 3.30. The van der Waals surface area contributed by atoms with Crippen LogP contribution in [0.15, 0.2) is 18.2 Å². The Bertz CT molecular complexity index is 539. The second-order valence-corrected chi connectivity index (χ2v) is 5.20. The van der Waals surface area contributed by atoms with E-state index in [9.17, 15) is 19.1 Å². The molecule has 2 rings (SSSR count). The number of carbonyl (C=O) groups excluding carboxylic acids is 1. The van der Waals surface area contributed by atoms with Crippen LogP contribution >= 0.6 is 0 Å². The molecule has 2 N–H and O–H groups in total. The molecule has 1 aliphatic carbocycles. The van der Waals surface area contributed by atoms with Crippen molar-refractivity contribution in [2.75, 3.05) is 0 Å². The van der Waals surface area contributed by atoms with Gasteiger partial charge >= 0.3 is 5.97 Å². The number of carboxylic acids is 1. The number of carbonyl (C=O) groups is 2. The number of carboxylic acid groups (broad SMARTS) is 1. The number of benzene rings is 1. The number of hydrogen-bond acceptors (Lipinski definition) is 2. The van der Waals surface area contributed by atoms with Crippen molar-refractivity contribution >= 4 is 11.9 Å². The molecule has 0 aliphatic heterocycles. The summed E-state index contributed by atoms with van der Waals surface area (Å²) in [7, 11) is 0. The molecule has 102 valence electrons. The van der Waals surface area contributed by atoms with Gasteiger partial charge in [-0.1, -0.05) is 0 Å². The maximum atomic E-state index is 13.1. The fourth-order valence-corrected chi connectivity index (χ4v) is 2.08. The van der Waals surface area contributed by atoms with E-state index in [2.05, 4.69) is 5.32 Å². The van der Waals surface area contributed by atoms with Gasteiger partial charge in [-0.2, -0.15) is 0 Å². The van der Waals surface area contributed by atoms with Crippen LogP contribution < -0.4 is 5.32 Å². The Morgan fingerprint density at radius 2 is 2.05 bits per heavy atom. The molecule has 0 unspecified atom stereocenters. The number of aliphatic carboxylic acids is 1. The average molecular weight is 265 g/mol. The van der Waals surface area contributed by atoms with Gasteiger partial charge in [0.1, 0.15) is 11.4 Å². The lowest BCUT2D eigenvalue weighted by molar-refractivity contribution is -0.144. The quantitative estimate of drug-likeness (QED) is 0.876. The first-order valence-electron chi connectivity index (χ1n) is 6.16. The normalized spacial score (nSPS) is 17.6. The van der Waals surface area contributed by atoms with Gasteiger partial charge in [-0.05, 0) is 56.4 Å². The van der Waals surface area contributed by atoms with Crippen LogP contribution in [0.5, 0.6) is 0 Å². The van der Waals surface area contributed by atoms with Crippen molar-refractivity contribution in [2.24, 2.45) is 5.92 Å².